The van der Waals surface area contributed by atoms with Gasteiger partial charge in [0.2, 0.25) is 0 Å². The van der Waals surface area contributed by atoms with Crippen LogP contribution in [0.15, 0.2) is 48.7 Å². The van der Waals surface area contributed by atoms with Crippen molar-refractivity contribution in [3.8, 4) is 0 Å². The van der Waals surface area contributed by atoms with Gasteiger partial charge < -0.3 is 19.7 Å². The summed E-state index contributed by atoms with van der Waals surface area (Å²) in [5, 5.41) is 5.82. The molecule has 1 atom stereocenters. The number of morpholine rings is 1. The van der Waals surface area contributed by atoms with Crippen molar-refractivity contribution in [3.63, 3.8) is 0 Å². The van der Waals surface area contributed by atoms with Gasteiger partial charge >= 0.3 is 5.97 Å². The van der Waals surface area contributed by atoms with Gasteiger partial charge in [0.15, 0.2) is 0 Å². The summed E-state index contributed by atoms with van der Waals surface area (Å²) in [7, 11) is 0. The van der Waals surface area contributed by atoms with Crippen molar-refractivity contribution in [2.45, 2.75) is 46.3 Å². The molecule has 6 nitrogen and oxygen atoms in total. The van der Waals surface area contributed by atoms with Crippen LogP contribution >= 0.6 is 0 Å². The monoisotopic (exact) mass is 447 g/mol. The molecule has 3 aromatic rings. The Morgan fingerprint density at radius 2 is 1.88 bits per heavy atom. The lowest BCUT2D eigenvalue weighted by Crippen LogP contribution is -2.36. The van der Waals surface area contributed by atoms with Gasteiger partial charge in [-0.05, 0) is 69.8 Å². The predicted molar refractivity (Wildman–Crippen MR) is 133 cm³/mol. The van der Waals surface area contributed by atoms with Crippen molar-refractivity contribution < 1.29 is 14.3 Å². The van der Waals surface area contributed by atoms with Crippen molar-refractivity contribution >= 4 is 28.2 Å². The van der Waals surface area contributed by atoms with E-state index in [1.165, 1.54) is 11.1 Å². The molecule has 2 aromatic carbocycles. The second-order valence-corrected chi connectivity index (χ2v) is 9.63. The van der Waals surface area contributed by atoms with Crippen LogP contribution in [0, 0.1) is 6.92 Å². The zero-order chi connectivity index (χ0) is 23.6. The molecule has 1 fully saturated rings. The molecule has 0 saturated carbocycles. The Kier molecular flexibility index (Phi) is 6.56. The van der Waals surface area contributed by atoms with Gasteiger partial charge in [-0.25, -0.2) is 9.78 Å². The summed E-state index contributed by atoms with van der Waals surface area (Å²) in [6.07, 6.45) is 1.96. The minimum Gasteiger partial charge on any atom is -0.456 e. The molecule has 0 aliphatic carbocycles. The number of anilines is 2. The topological polar surface area (TPSA) is 63.7 Å². The molecule has 0 amide bonds. The molecule has 1 aliphatic rings. The SMILES string of the molecule is Cc1cc(C(C)Nc2ccccc2C(=O)OC(C)(C)C)c2cc(N3CCOCC3)ncc2c1. The summed E-state index contributed by atoms with van der Waals surface area (Å²) in [4.78, 5) is 19.8. The van der Waals surface area contributed by atoms with E-state index in [0.717, 1.165) is 48.6 Å². The Bertz CT molecular complexity index is 1150. The van der Waals surface area contributed by atoms with Crippen molar-refractivity contribution in [1.82, 2.24) is 4.98 Å². The largest absolute Gasteiger partial charge is 0.456 e. The average Bonchev–Trinajstić information content (AvgIpc) is 2.78. The highest BCUT2D eigenvalue weighted by Gasteiger charge is 2.22. The number of aromatic nitrogens is 1. The molecule has 1 N–H and O–H groups in total. The number of nitrogens with zero attached hydrogens (tertiary/aromatic N) is 2. The van der Waals surface area contributed by atoms with Gasteiger partial charge in [-0.1, -0.05) is 23.8 Å². The fourth-order valence-electron chi connectivity index (χ4n) is 4.18. The molecule has 0 radical (unpaired) electrons. The van der Waals surface area contributed by atoms with Crippen LogP contribution in [0.5, 0.6) is 0 Å². The number of aryl methyl sites for hydroxylation is 1. The zero-order valence-electron chi connectivity index (χ0n) is 20.1. The van der Waals surface area contributed by atoms with E-state index in [1.807, 2.05) is 45.2 Å². The number of fused-ring (bicyclic) bond motifs is 1. The Morgan fingerprint density at radius 1 is 1.15 bits per heavy atom. The van der Waals surface area contributed by atoms with Crippen LogP contribution in [0.25, 0.3) is 10.8 Å². The van der Waals surface area contributed by atoms with Crippen LogP contribution < -0.4 is 10.2 Å². The lowest BCUT2D eigenvalue weighted by Gasteiger charge is -2.28. The van der Waals surface area contributed by atoms with Gasteiger partial charge in [-0.3, -0.25) is 0 Å². The molecular weight excluding hydrogens is 414 g/mol. The van der Waals surface area contributed by atoms with Gasteiger partial charge in [-0.2, -0.15) is 0 Å². The number of carbonyl (C=O) groups is 1. The first-order valence-corrected chi connectivity index (χ1v) is 11.5. The summed E-state index contributed by atoms with van der Waals surface area (Å²) in [5.74, 6) is 0.642. The first kappa shape index (κ1) is 23.1. The van der Waals surface area contributed by atoms with Gasteiger partial charge in [0.1, 0.15) is 11.4 Å². The maximum absolute atomic E-state index is 12.8. The highest BCUT2D eigenvalue weighted by molar-refractivity contribution is 5.96. The first-order chi connectivity index (χ1) is 15.7. The van der Waals surface area contributed by atoms with E-state index < -0.39 is 5.60 Å². The van der Waals surface area contributed by atoms with Crippen LogP contribution in [0.4, 0.5) is 11.5 Å². The van der Waals surface area contributed by atoms with Gasteiger partial charge in [0.25, 0.3) is 0 Å². The van der Waals surface area contributed by atoms with Crippen molar-refractivity contribution in [1.29, 1.82) is 0 Å². The average molecular weight is 448 g/mol. The van der Waals surface area contributed by atoms with Crippen LogP contribution in [-0.2, 0) is 9.47 Å². The number of rotatable bonds is 5. The van der Waals surface area contributed by atoms with E-state index in [9.17, 15) is 4.79 Å². The molecule has 1 aromatic heterocycles. The molecule has 2 heterocycles. The summed E-state index contributed by atoms with van der Waals surface area (Å²) in [5.41, 5.74) is 3.09. The second-order valence-electron chi connectivity index (χ2n) is 9.63. The fraction of sp³-hybridized carbons (Fsp3) is 0.407. The smallest absolute Gasteiger partial charge is 0.340 e. The molecule has 1 aliphatic heterocycles. The number of pyridine rings is 1. The molecule has 4 rings (SSSR count). The summed E-state index contributed by atoms with van der Waals surface area (Å²) in [6, 6.07) is 14.0. The number of para-hydroxylation sites is 1. The first-order valence-electron chi connectivity index (χ1n) is 11.5. The summed E-state index contributed by atoms with van der Waals surface area (Å²) in [6.45, 7) is 13.0. The van der Waals surface area contributed by atoms with Gasteiger partial charge in [0, 0.05) is 36.4 Å². The Labute approximate surface area is 195 Å². The van der Waals surface area contributed by atoms with E-state index in [1.54, 1.807) is 6.07 Å². The Morgan fingerprint density at radius 3 is 2.61 bits per heavy atom. The molecule has 174 valence electrons. The lowest BCUT2D eigenvalue weighted by atomic mass is 9.97. The molecule has 6 heteroatoms. The van der Waals surface area contributed by atoms with E-state index in [2.05, 4.69) is 42.3 Å². The number of hydrogen-bond donors (Lipinski definition) is 1. The van der Waals surface area contributed by atoms with Crippen LogP contribution in [-0.4, -0.2) is 42.9 Å². The van der Waals surface area contributed by atoms with Crippen LogP contribution in [0.2, 0.25) is 0 Å². The number of benzene rings is 2. The Hall–Kier alpha value is -3.12. The number of carbonyl (C=O) groups excluding carboxylic acids is 1. The maximum Gasteiger partial charge on any atom is 0.340 e. The third-order valence-electron chi connectivity index (χ3n) is 5.72. The zero-order valence-corrected chi connectivity index (χ0v) is 20.1. The van der Waals surface area contributed by atoms with Gasteiger partial charge in [0.05, 0.1) is 18.8 Å². The van der Waals surface area contributed by atoms with Crippen molar-refractivity contribution in [2.75, 3.05) is 36.5 Å². The standard InChI is InChI=1S/C27H33N3O3/c1-18-14-20-17-28-25(30-10-12-32-13-11-30)16-23(20)22(15-18)19(2)29-24-9-7-6-8-21(24)26(31)33-27(3,4)5/h6-9,14-17,19,29H,10-13H2,1-5H3. The summed E-state index contributed by atoms with van der Waals surface area (Å²) >= 11 is 0. The molecule has 0 spiro atoms. The Balaban J connectivity index is 1.67. The van der Waals surface area contributed by atoms with Gasteiger partial charge in [-0.15, -0.1) is 0 Å². The quantitative estimate of drug-likeness (QED) is 0.521. The second kappa shape index (κ2) is 9.40. The molecule has 0 bridgehead atoms. The molecule has 1 saturated heterocycles. The summed E-state index contributed by atoms with van der Waals surface area (Å²) < 4.78 is 11.1. The third kappa shape index (κ3) is 5.45. The number of hydrogen-bond acceptors (Lipinski definition) is 6. The van der Waals surface area contributed by atoms with Crippen molar-refractivity contribution in [2.24, 2.45) is 0 Å². The van der Waals surface area contributed by atoms with E-state index >= 15 is 0 Å². The molecular formula is C27H33N3O3. The highest BCUT2D eigenvalue weighted by Crippen LogP contribution is 2.32. The van der Waals surface area contributed by atoms with E-state index in [0.29, 0.717) is 5.56 Å². The van der Waals surface area contributed by atoms with Crippen molar-refractivity contribution in [3.05, 3.63) is 65.4 Å². The molecule has 33 heavy (non-hydrogen) atoms. The number of nitrogens with one attached hydrogen (secondary N) is 1. The van der Waals surface area contributed by atoms with E-state index in [4.69, 9.17) is 14.5 Å². The van der Waals surface area contributed by atoms with Crippen LogP contribution in [0.3, 0.4) is 0 Å². The maximum atomic E-state index is 12.8. The predicted octanol–water partition coefficient (Wildman–Crippen LogP) is 5.51. The highest BCUT2D eigenvalue weighted by atomic mass is 16.6. The van der Waals surface area contributed by atoms with E-state index in [-0.39, 0.29) is 12.0 Å². The minimum absolute atomic E-state index is 0.0316. The normalized spacial score (nSPS) is 15.4. The fourth-order valence-corrected chi connectivity index (χ4v) is 4.18. The third-order valence-corrected chi connectivity index (χ3v) is 5.72. The lowest BCUT2D eigenvalue weighted by molar-refractivity contribution is 0.00706. The number of esters is 1. The molecule has 1 unspecified atom stereocenters. The minimum atomic E-state index is -0.550. The van der Waals surface area contributed by atoms with Crippen LogP contribution in [0.1, 0.15) is 55.2 Å². The number of ether oxygens (including phenoxy) is 2.